The van der Waals surface area contributed by atoms with Gasteiger partial charge in [0.25, 0.3) is 0 Å². The Morgan fingerprint density at radius 1 is 1.09 bits per heavy atom. The summed E-state index contributed by atoms with van der Waals surface area (Å²) in [6.07, 6.45) is 3.20. The minimum atomic E-state index is -4.31. The molecule has 178 valence electrons. The van der Waals surface area contributed by atoms with E-state index >= 15 is 0 Å². The third-order valence-electron chi connectivity index (χ3n) is 5.65. The van der Waals surface area contributed by atoms with Crippen molar-refractivity contribution >= 4 is 23.4 Å². The molecule has 1 saturated heterocycles. The van der Waals surface area contributed by atoms with Crippen molar-refractivity contribution in [3.8, 4) is 5.75 Å². The lowest BCUT2D eigenvalue weighted by atomic mass is 10.0. The van der Waals surface area contributed by atoms with E-state index in [9.17, 15) is 18.0 Å². The van der Waals surface area contributed by atoms with Gasteiger partial charge in [-0.2, -0.15) is 13.2 Å². The number of hydrogen-bond donors (Lipinski definition) is 0. The number of anilines is 1. The number of halogens is 3. The van der Waals surface area contributed by atoms with E-state index in [1.807, 2.05) is 12.1 Å². The highest BCUT2D eigenvalue weighted by atomic mass is 32.2. The predicted octanol–water partition coefficient (Wildman–Crippen LogP) is 5.97. The van der Waals surface area contributed by atoms with Gasteiger partial charge in [0, 0.05) is 41.0 Å². The van der Waals surface area contributed by atoms with Gasteiger partial charge in [0.05, 0.1) is 18.4 Å². The standard InChI is InChI=1S/C25H24F3N3O2S/c1-24(2)16-30(20-8-10-21(11-9-20)34-25(26,27)28)17-31(24)15-19-12-13-29-14-22(19)33-23(32)18-6-4-3-5-7-18/h3-14H,15-17H2,1-2H3. The first-order valence-corrected chi connectivity index (χ1v) is 11.5. The first-order valence-electron chi connectivity index (χ1n) is 10.7. The van der Waals surface area contributed by atoms with Crippen LogP contribution in [-0.4, -0.2) is 40.1 Å². The zero-order chi connectivity index (χ0) is 24.3. The smallest absolute Gasteiger partial charge is 0.421 e. The van der Waals surface area contributed by atoms with E-state index in [1.54, 1.807) is 42.6 Å². The molecule has 0 unspecified atom stereocenters. The topological polar surface area (TPSA) is 45.7 Å². The van der Waals surface area contributed by atoms with Crippen molar-refractivity contribution in [3.63, 3.8) is 0 Å². The fourth-order valence-corrected chi connectivity index (χ4v) is 4.42. The van der Waals surface area contributed by atoms with Crippen molar-refractivity contribution in [2.75, 3.05) is 18.1 Å². The van der Waals surface area contributed by atoms with Crippen LogP contribution in [0.25, 0.3) is 0 Å². The molecule has 1 fully saturated rings. The lowest BCUT2D eigenvalue weighted by molar-refractivity contribution is -0.0328. The maximum atomic E-state index is 12.6. The minimum absolute atomic E-state index is 0.117. The largest absolute Gasteiger partial charge is 0.446 e. The molecule has 34 heavy (non-hydrogen) atoms. The van der Waals surface area contributed by atoms with Crippen LogP contribution in [0.15, 0.2) is 78.0 Å². The number of nitrogens with zero attached hydrogens (tertiary/aromatic N) is 3. The number of carbonyl (C=O) groups is 1. The van der Waals surface area contributed by atoms with Gasteiger partial charge in [-0.25, -0.2) is 4.79 Å². The van der Waals surface area contributed by atoms with Crippen LogP contribution in [0.1, 0.15) is 29.8 Å². The Morgan fingerprint density at radius 3 is 2.47 bits per heavy atom. The van der Waals surface area contributed by atoms with E-state index in [0.29, 0.717) is 31.1 Å². The minimum Gasteiger partial charge on any atom is -0.421 e. The molecule has 0 bridgehead atoms. The summed E-state index contributed by atoms with van der Waals surface area (Å²) >= 11 is -0.117. The molecule has 5 nitrogen and oxygen atoms in total. The van der Waals surface area contributed by atoms with Crippen molar-refractivity contribution in [2.24, 2.45) is 0 Å². The summed E-state index contributed by atoms with van der Waals surface area (Å²) in [7, 11) is 0. The number of hydrogen-bond acceptors (Lipinski definition) is 6. The summed E-state index contributed by atoms with van der Waals surface area (Å²) in [4.78, 5) is 21.2. The van der Waals surface area contributed by atoms with Crippen LogP contribution in [0.2, 0.25) is 0 Å². The fourth-order valence-electron chi connectivity index (χ4n) is 3.88. The second-order valence-corrected chi connectivity index (χ2v) is 9.77. The van der Waals surface area contributed by atoms with E-state index in [1.165, 1.54) is 18.3 Å². The molecule has 3 aromatic rings. The molecule has 1 aromatic heterocycles. The molecule has 2 aromatic carbocycles. The van der Waals surface area contributed by atoms with Crippen LogP contribution in [0.3, 0.4) is 0 Å². The van der Waals surface area contributed by atoms with Crippen molar-refractivity contribution in [1.29, 1.82) is 0 Å². The molecular weight excluding hydrogens is 463 g/mol. The Balaban J connectivity index is 1.47. The predicted molar refractivity (Wildman–Crippen MR) is 126 cm³/mol. The van der Waals surface area contributed by atoms with Gasteiger partial charge >= 0.3 is 11.5 Å². The van der Waals surface area contributed by atoms with Gasteiger partial charge in [0.15, 0.2) is 5.75 Å². The van der Waals surface area contributed by atoms with Crippen LogP contribution in [0.5, 0.6) is 5.75 Å². The van der Waals surface area contributed by atoms with Gasteiger partial charge in [0.2, 0.25) is 0 Å². The molecule has 1 aliphatic heterocycles. The lowest BCUT2D eigenvalue weighted by Crippen LogP contribution is -2.39. The van der Waals surface area contributed by atoms with Gasteiger partial charge in [0.1, 0.15) is 0 Å². The molecule has 0 spiro atoms. The van der Waals surface area contributed by atoms with Gasteiger partial charge < -0.3 is 9.64 Å². The first kappa shape index (κ1) is 24.1. The normalized spacial score (nSPS) is 16.0. The zero-order valence-electron chi connectivity index (χ0n) is 18.7. The van der Waals surface area contributed by atoms with Crippen LogP contribution in [-0.2, 0) is 6.54 Å². The number of esters is 1. The van der Waals surface area contributed by atoms with E-state index in [-0.39, 0.29) is 22.2 Å². The Hall–Kier alpha value is -3.04. The summed E-state index contributed by atoms with van der Waals surface area (Å²) in [5.41, 5.74) is -2.39. The Morgan fingerprint density at radius 2 is 1.79 bits per heavy atom. The molecular formula is C25H24F3N3O2S. The SMILES string of the molecule is CC1(C)CN(c2ccc(SC(F)(F)F)cc2)CN1Cc1ccncc1OC(=O)c1ccccc1. The molecule has 0 saturated carbocycles. The quantitative estimate of drug-likeness (QED) is 0.315. The summed E-state index contributed by atoms with van der Waals surface area (Å²) < 4.78 is 43.5. The average Bonchev–Trinajstić information content (AvgIpc) is 3.09. The number of alkyl halides is 3. The van der Waals surface area contributed by atoms with Gasteiger partial charge in [-0.15, -0.1) is 0 Å². The first-order chi connectivity index (χ1) is 16.1. The second-order valence-electron chi connectivity index (χ2n) is 8.63. The van der Waals surface area contributed by atoms with E-state index in [0.717, 1.165) is 11.3 Å². The molecule has 0 N–H and O–H groups in total. The highest BCUT2D eigenvalue weighted by Gasteiger charge is 2.37. The van der Waals surface area contributed by atoms with Crippen molar-refractivity contribution in [3.05, 3.63) is 84.2 Å². The highest BCUT2D eigenvalue weighted by molar-refractivity contribution is 8.00. The zero-order valence-corrected chi connectivity index (χ0v) is 19.6. The van der Waals surface area contributed by atoms with Gasteiger partial charge in [-0.1, -0.05) is 18.2 Å². The van der Waals surface area contributed by atoms with Crippen molar-refractivity contribution in [1.82, 2.24) is 9.88 Å². The molecule has 0 atom stereocenters. The molecule has 9 heteroatoms. The van der Waals surface area contributed by atoms with Crippen LogP contribution < -0.4 is 9.64 Å². The van der Waals surface area contributed by atoms with E-state index in [2.05, 4.69) is 28.6 Å². The molecule has 0 aliphatic carbocycles. The number of rotatable bonds is 6. The number of pyridine rings is 1. The van der Waals surface area contributed by atoms with E-state index < -0.39 is 11.5 Å². The van der Waals surface area contributed by atoms with Gasteiger partial charge in [-0.3, -0.25) is 9.88 Å². The maximum Gasteiger partial charge on any atom is 0.446 e. The third-order valence-corrected chi connectivity index (χ3v) is 6.39. The Bertz CT molecular complexity index is 1140. The second kappa shape index (κ2) is 9.68. The highest BCUT2D eigenvalue weighted by Crippen LogP contribution is 2.38. The average molecular weight is 488 g/mol. The fraction of sp³-hybridized carbons (Fsp3) is 0.280. The third kappa shape index (κ3) is 5.90. The number of benzene rings is 2. The summed E-state index contributed by atoms with van der Waals surface area (Å²) in [6.45, 7) is 6.01. The van der Waals surface area contributed by atoms with E-state index in [4.69, 9.17) is 4.74 Å². The van der Waals surface area contributed by atoms with Crippen LogP contribution >= 0.6 is 11.8 Å². The molecule has 0 amide bonds. The van der Waals surface area contributed by atoms with Crippen LogP contribution in [0, 0.1) is 0 Å². The lowest BCUT2D eigenvalue weighted by Gasteiger charge is -2.29. The maximum absolute atomic E-state index is 12.6. The summed E-state index contributed by atoms with van der Waals surface area (Å²) in [5.74, 6) is -0.0480. The molecule has 0 radical (unpaired) electrons. The summed E-state index contributed by atoms with van der Waals surface area (Å²) in [5, 5.41) is 0. The number of aromatic nitrogens is 1. The monoisotopic (exact) mass is 487 g/mol. The van der Waals surface area contributed by atoms with Gasteiger partial charge in [-0.05, 0) is 68.1 Å². The number of ether oxygens (including phenoxy) is 1. The molecule has 4 rings (SSSR count). The molecule has 2 heterocycles. The molecule has 1 aliphatic rings. The van der Waals surface area contributed by atoms with Crippen molar-refractivity contribution in [2.45, 2.75) is 36.3 Å². The van der Waals surface area contributed by atoms with Crippen LogP contribution in [0.4, 0.5) is 18.9 Å². The summed E-state index contributed by atoms with van der Waals surface area (Å²) in [6, 6.07) is 17.0. The number of carbonyl (C=O) groups excluding carboxylic acids is 1. The Labute approximate surface area is 200 Å². The Kier molecular flexibility index (Phi) is 6.86. The number of thioether (sulfide) groups is 1. The van der Waals surface area contributed by atoms with Crippen molar-refractivity contribution < 1.29 is 22.7 Å².